The molecular weight excluding hydrogens is 414 g/mol. The summed E-state index contributed by atoms with van der Waals surface area (Å²) >= 11 is 0. The monoisotopic (exact) mass is 441 g/mol. The zero-order chi connectivity index (χ0) is 23.7. The van der Waals surface area contributed by atoms with Crippen LogP contribution in [0.5, 0.6) is 11.8 Å². The maximum atomic E-state index is 12.9. The van der Waals surface area contributed by atoms with Crippen molar-refractivity contribution in [1.29, 1.82) is 0 Å². The van der Waals surface area contributed by atoms with E-state index in [0.717, 1.165) is 16.8 Å². The molecule has 0 spiro atoms. The Kier molecular flexibility index (Phi) is 6.01. The molecule has 0 aliphatic heterocycles. The number of para-hydroxylation sites is 1. The molecule has 6 heteroatoms. The smallest absolute Gasteiger partial charge is 0.296 e. The molecule has 2 N–H and O–H groups in total. The van der Waals surface area contributed by atoms with E-state index in [0.29, 0.717) is 11.1 Å². The van der Waals surface area contributed by atoms with Crippen molar-refractivity contribution in [2.45, 2.75) is 39.5 Å². The van der Waals surface area contributed by atoms with Gasteiger partial charge in [0.15, 0.2) is 0 Å². The van der Waals surface area contributed by atoms with Crippen LogP contribution in [0.15, 0.2) is 77.0 Å². The summed E-state index contributed by atoms with van der Waals surface area (Å²) in [5, 5.41) is 31.0. The first-order chi connectivity index (χ1) is 15.8. The first-order valence-electron chi connectivity index (χ1n) is 11.0. The molecule has 1 aromatic heterocycles. The summed E-state index contributed by atoms with van der Waals surface area (Å²) in [5.74, 6) is -0.603. The maximum Gasteiger partial charge on any atom is 0.296 e. The van der Waals surface area contributed by atoms with Crippen molar-refractivity contribution in [2.75, 3.05) is 0 Å². The van der Waals surface area contributed by atoms with Crippen molar-refractivity contribution in [3.05, 3.63) is 83.4 Å². The van der Waals surface area contributed by atoms with Crippen LogP contribution >= 0.6 is 0 Å². The van der Waals surface area contributed by atoms with Crippen LogP contribution < -0.4 is 0 Å². The van der Waals surface area contributed by atoms with Crippen LogP contribution in [-0.2, 0) is 0 Å². The Morgan fingerprint density at radius 3 is 2.00 bits per heavy atom. The van der Waals surface area contributed by atoms with Gasteiger partial charge in [0.05, 0.1) is 22.3 Å². The molecule has 0 aliphatic rings. The van der Waals surface area contributed by atoms with Gasteiger partial charge < -0.3 is 10.2 Å². The molecule has 1 heterocycles. The Hall–Kier alpha value is -3.93. The Labute approximate surface area is 192 Å². The van der Waals surface area contributed by atoms with Crippen molar-refractivity contribution in [3.8, 4) is 17.4 Å². The molecule has 0 saturated carbocycles. The minimum Gasteiger partial charge on any atom is -0.494 e. The van der Waals surface area contributed by atoms with Crippen molar-refractivity contribution >= 4 is 22.4 Å². The molecule has 4 aromatic rings. The number of azo groups is 1. The quantitative estimate of drug-likeness (QED) is 0.321. The maximum absolute atomic E-state index is 12.9. The van der Waals surface area contributed by atoms with E-state index in [-0.39, 0.29) is 34.5 Å². The molecule has 3 aromatic carbocycles. The molecule has 0 saturated heterocycles. The average Bonchev–Trinajstić information content (AvgIpc) is 3.07. The van der Waals surface area contributed by atoms with Gasteiger partial charge in [-0.1, -0.05) is 70.2 Å². The Morgan fingerprint density at radius 2 is 1.39 bits per heavy atom. The number of aromatic hydroxyl groups is 2. The molecule has 168 valence electrons. The van der Waals surface area contributed by atoms with Gasteiger partial charge in [-0.15, -0.1) is 10.2 Å². The summed E-state index contributed by atoms with van der Waals surface area (Å²) in [7, 11) is 0. The van der Waals surface area contributed by atoms with Gasteiger partial charge in [-0.3, -0.25) is 4.79 Å². The third kappa shape index (κ3) is 4.00. The predicted molar refractivity (Wildman–Crippen MR) is 130 cm³/mol. The number of carbonyl (C=O) groups excluding carboxylic acids is 1. The number of hydrogen-bond acceptors (Lipinski definition) is 4. The Bertz CT molecular complexity index is 1330. The minimum atomic E-state index is -0.599. The Balaban J connectivity index is 1.93. The van der Waals surface area contributed by atoms with E-state index in [9.17, 15) is 15.0 Å². The highest BCUT2D eigenvalue weighted by Crippen LogP contribution is 2.44. The number of nitrogens with zero attached hydrogens (tertiary/aromatic N) is 3. The van der Waals surface area contributed by atoms with Crippen LogP contribution in [-0.4, -0.2) is 20.7 Å². The lowest BCUT2D eigenvalue weighted by Crippen LogP contribution is -2.06. The summed E-state index contributed by atoms with van der Waals surface area (Å²) in [6.45, 7) is 8.27. The standard InChI is InChI=1S/C27H27N3O3/c1-16(2)19-12-8-13-20(17(3)4)24(19)30-26(32)22-15-9-14-21(23(22)27(30)33)25(31)29-28-18-10-6-5-7-11-18/h5-17,32-33H,1-4H3. The lowest BCUT2D eigenvalue weighted by molar-refractivity contribution is 0.0996. The van der Waals surface area contributed by atoms with Crippen molar-refractivity contribution in [3.63, 3.8) is 0 Å². The van der Waals surface area contributed by atoms with E-state index >= 15 is 0 Å². The second-order valence-corrected chi connectivity index (χ2v) is 8.65. The highest BCUT2D eigenvalue weighted by Gasteiger charge is 2.26. The van der Waals surface area contributed by atoms with Gasteiger partial charge in [0.1, 0.15) is 0 Å². The third-order valence-corrected chi connectivity index (χ3v) is 5.76. The van der Waals surface area contributed by atoms with Crippen LogP contribution in [0.4, 0.5) is 5.69 Å². The summed E-state index contributed by atoms with van der Waals surface area (Å²) in [6.07, 6.45) is 0. The van der Waals surface area contributed by atoms with Gasteiger partial charge in [0.25, 0.3) is 5.91 Å². The second-order valence-electron chi connectivity index (χ2n) is 8.65. The zero-order valence-corrected chi connectivity index (χ0v) is 19.1. The number of aromatic nitrogens is 1. The number of benzene rings is 3. The summed E-state index contributed by atoms with van der Waals surface area (Å²) in [6, 6.07) is 19.9. The lowest BCUT2D eigenvalue weighted by Gasteiger charge is -2.21. The van der Waals surface area contributed by atoms with Crippen molar-refractivity contribution < 1.29 is 15.0 Å². The third-order valence-electron chi connectivity index (χ3n) is 5.76. The topological polar surface area (TPSA) is 87.2 Å². The molecule has 0 unspecified atom stereocenters. The largest absolute Gasteiger partial charge is 0.494 e. The first kappa shape index (κ1) is 22.3. The van der Waals surface area contributed by atoms with E-state index < -0.39 is 5.91 Å². The van der Waals surface area contributed by atoms with E-state index in [1.807, 2.05) is 36.4 Å². The SMILES string of the molecule is CC(C)c1cccc(C(C)C)c1-n1c(O)c2cccc(C(=O)N=Nc3ccccc3)c2c1O. The number of carbonyl (C=O) groups is 1. The number of fused-ring (bicyclic) bond motifs is 1. The molecule has 0 aliphatic carbocycles. The van der Waals surface area contributed by atoms with E-state index in [4.69, 9.17) is 0 Å². The van der Waals surface area contributed by atoms with Gasteiger partial charge >= 0.3 is 0 Å². The van der Waals surface area contributed by atoms with Crippen LogP contribution in [0.25, 0.3) is 16.5 Å². The fraction of sp³-hybridized carbons (Fsp3) is 0.222. The van der Waals surface area contributed by atoms with Crippen molar-refractivity contribution in [2.24, 2.45) is 10.2 Å². The average molecular weight is 442 g/mol. The predicted octanol–water partition coefficient (Wildman–Crippen LogP) is 7.21. The van der Waals surface area contributed by atoms with Crippen LogP contribution in [0.3, 0.4) is 0 Å². The highest BCUT2D eigenvalue weighted by molar-refractivity contribution is 6.11. The second kappa shape index (κ2) is 8.90. The molecule has 4 rings (SSSR count). The first-order valence-corrected chi connectivity index (χ1v) is 11.0. The molecule has 1 amide bonds. The number of hydrogen-bond donors (Lipinski definition) is 2. The van der Waals surface area contributed by atoms with Crippen LogP contribution in [0.2, 0.25) is 0 Å². The number of rotatable bonds is 5. The molecule has 6 nitrogen and oxygen atoms in total. The molecule has 33 heavy (non-hydrogen) atoms. The molecule has 0 atom stereocenters. The highest BCUT2D eigenvalue weighted by atomic mass is 16.3. The van der Waals surface area contributed by atoms with Gasteiger partial charge in [-0.25, -0.2) is 4.57 Å². The molecule has 0 fully saturated rings. The number of amides is 1. The van der Waals surface area contributed by atoms with Gasteiger partial charge in [-0.2, -0.15) is 0 Å². The van der Waals surface area contributed by atoms with Gasteiger partial charge in [0, 0.05) is 5.39 Å². The molecule has 0 bridgehead atoms. The van der Waals surface area contributed by atoms with Crippen LogP contribution in [0, 0.1) is 0 Å². The van der Waals surface area contributed by atoms with E-state index in [1.54, 1.807) is 30.3 Å². The van der Waals surface area contributed by atoms with Gasteiger partial charge in [-0.05, 0) is 47.2 Å². The fourth-order valence-electron chi connectivity index (χ4n) is 4.12. The normalized spacial score (nSPS) is 11.8. The Morgan fingerprint density at radius 1 is 0.788 bits per heavy atom. The van der Waals surface area contributed by atoms with Gasteiger partial charge in [0.2, 0.25) is 11.8 Å². The van der Waals surface area contributed by atoms with E-state index in [2.05, 4.69) is 37.9 Å². The van der Waals surface area contributed by atoms with Crippen LogP contribution in [0.1, 0.15) is 61.0 Å². The summed E-state index contributed by atoms with van der Waals surface area (Å²) in [5.41, 5.74) is 3.44. The zero-order valence-electron chi connectivity index (χ0n) is 19.1. The van der Waals surface area contributed by atoms with E-state index in [1.165, 1.54) is 4.57 Å². The lowest BCUT2D eigenvalue weighted by atomic mass is 9.92. The molecule has 0 radical (unpaired) electrons. The molecular formula is C27H27N3O3. The summed E-state index contributed by atoms with van der Waals surface area (Å²) < 4.78 is 1.44. The fourth-order valence-corrected chi connectivity index (χ4v) is 4.12. The summed E-state index contributed by atoms with van der Waals surface area (Å²) in [4.78, 5) is 12.9. The minimum absolute atomic E-state index is 0.118. The van der Waals surface area contributed by atoms with Crippen molar-refractivity contribution in [1.82, 2.24) is 4.57 Å².